The molecule has 1 aliphatic rings. The fraction of sp³-hybridized carbons (Fsp3) is 0.0750. The maximum absolute atomic E-state index is 5.09. The molecule has 0 unspecified atom stereocenters. The van der Waals surface area contributed by atoms with Crippen LogP contribution in [0.25, 0.3) is 61.5 Å². The summed E-state index contributed by atoms with van der Waals surface area (Å²) in [7, 11) is 0. The maximum Gasteiger partial charge on any atom is 0.137 e. The number of hydrogen-bond acceptors (Lipinski definition) is 1. The highest BCUT2D eigenvalue weighted by Crippen LogP contribution is 2.49. The Morgan fingerprint density at radius 2 is 1.07 bits per heavy atom. The lowest BCUT2D eigenvalue weighted by Crippen LogP contribution is -2.14. The highest BCUT2D eigenvalue weighted by Gasteiger charge is 2.35. The Morgan fingerprint density at radius 3 is 1.86 bits per heavy atom. The second-order valence-electron chi connectivity index (χ2n) is 11.7. The van der Waals surface area contributed by atoms with Crippen LogP contribution in [0, 0.1) is 0 Å². The zero-order valence-corrected chi connectivity index (χ0v) is 23.8. The molecule has 0 amide bonds. The Labute approximate surface area is 246 Å². The van der Waals surface area contributed by atoms with Gasteiger partial charge in [0.25, 0.3) is 0 Å². The van der Waals surface area contributed by atoms with Crippen molar-refractivity contribution in [2.45, 2.75) is 19.3 Å². The number of imidazole rings is 1. The van der Waals surface area contributed by atoms with Crippen molar-refractivity contribution < 1.29 is 0 Å². The van der Waals surface area contributed by atoms with E-state index in [0.29, 0.717) is 0 Å². The zero-order valence-electron chi connectivity index (χ0n) is 23.8. The number of hydrogen-bond donors (Lipinski definition) is 0. The maximum atomic E-state index is 5.09. The van der Waals surface area contributed by atoms with Crippen LogP contribution in [0.2, 0.25) is 0 Å². The SMILES string of the molecule is CC1(C)c2ccccc2-c2ccc(-c3cccc(-c4cccc(-c5nc6ccccn6c5-c5ccccc5)c4)c3)cc21. The summed E-state index contributed by atoms with van der Waals surface area (Å²) < 4.78 is 2.19. The molecule has 2 heteroatoms. The van der Waals surface area contributed by atoms with Gasteiger partial charge in [-0.2, -0.15) is 0 Å². The van der Waals surface area contributed by atoms with E-state index >= 15 is 0 Å². The first-order valence-electron chi connectivity index (χ1n) is 14.6. The average Bonchev–Trinajstić information content (AvgIpc) is 3.55. The summed E-state index contributed by atoms with van der Waals surface area (Å²) >= 11 is 0. The molecular weight excluding hydrogens is 508 g/mol. The molecule has 42 heavy (non-hydrogen) atoms. The van der Waals surface area contributed by atoms with Crippen LogP contribution in [0.3, 0.4) is 0 Å². The third-order valence-electron chi connectivity index (χ3n) is 8.83. The molecule has 2 aromatic heterocycles. The van der Waals surface area contributed by atoms with E-state index in [-0.39, 0.29) is 5.41 Å². The molecule has 0 bridgehead atoms. The van der Waals surface area contributed by atoms with Crippen LogP contribution in [-0.2, 0) is 5.41 Å². The lowest BCUT2D eigenvalue weighted by molar-refractivity contribution is 0.660. The quantitative estimate of drug-likeness (QED) is 0.218. The van der Waals surface area contributed by atoms with Gasteiger partial charge in [0.1, 0.15) is 5.65 Å². The molecule has 2 heterocycles. The number of aromatic nitrogens is 2. The van der Waals surface area contributed by atoms with Gasteiger partial charge in [0, 0.05) is 22.7 Å². The molecule has 8 rings (SSSR count). The largest absolute Gasteiger partial charge is 0.299 e. The third kappa shape index (κ3) is 3.83. The first-order chi connectivity index (χ1) is 20.6. The van der Waals surface area contributed by atoms with Crippen LogP contribution in [0.1, 0.15) is 25.0 Å². The number of fused-ring (bicyclic) bond motifs is 4. The Morgan fingerprint density at radius 1 is 0.476 bits per heavy atom. The minimum absolute atomic E-state index is 0.0154. The van der Waals surface area contributed by atoms with Gasteiger partial charge < -0.3 is 0 Å². The van der Waals surface area contributed by atoms with Crippen molar-refractivity contribution in [3.8, 4) is 55.9 Å². The molecule has 0 fully saturated rings. The van der Waals surface area contributed by atoms with Crippen LogP contribution >= 0.6 is 0 Å². The Kier molecular flexibility index (Phi) is 5.52. The summed E-state index contributed by atoms with van der Waals surface area (Å²) in [5.41, 5.74) is 15.7. The Balaban J connectivity index is 1.21. The van der Waals surface area contributed by atoms with E-state index in [1.807, 2.05) is 6.07 Å². The van der Waals surface area contributed by atoms with Crippen molar-refractivity contribution in [2.24, 2.45) is 0 Å². The summed E-state index contributed by atoms with van der Waals surface area (Å²) in [6.45, 7) is 4.68. The molecule has 0 saturated carbocycles. The second-order valence-corrected chi connectivity index (χ2v) is 11.7. The van der Waals surface area contributed by atoms with Crippen LogP contribution < -0.4 is 0 Å². The predicted molar refractivity (Wildman–Crippen MR) is 174 cm³/mol. The van der Waals surface area contributed by atoms with E-state index in [1.54, 1.807) is 0 Å². The number of benzene rings is 5. The van der Waals surface area contributed by atoms with Crippen LogP contribution in [0.5, 0.6) is 0 Å². The van der Waals surface area contributed by atoms with E-state index in [2.05, 4.69) is 158 Å². The number of pyridine rings is 1. The topological polar surface area (TPSA) is 17.3 Å². The highest BCUT2D eigenvalue weighted by atomic mass is 15.0. The van der Waals surface area contributed by atoms with Crippen LogP contribution in [-0.4, -0.2) is 9.38 Å². The standard InChI is InChI=1S/C40H30N2/c1-40(2)35-19-7-6-18-33(35)34-22-21-31(26-36(34)40)29-15-10-14-28(24-29)30-16-11-17-32(25-30)38-39(27-12-4-3-5-13-27)42-23-9-8-20-37(42)41-38/h3-26H,1-2H3. The van der Waals surface area contributed by atoms with Gasteiger partial charge in [-0.05, 0) is 74.8 Å². The van der Waals surface area contributed by atoms with Crippen molar-refractivity contribution in [2.75, 3.05) is 0 Å². The fourth-order valence-corrected chi connectivity index (χ4v) is 6.68. The molecule has 2 nitrogen and oxygen atoms in total. The van der Waals surface area contributed by atoms with Gasteiger partial charge in [-0.15, -0.1) is 0 Å². The lowest BCUT2D eigenvalue weighted by Gasteiger charge is -2.22. The third-order valence-corrected chi connectivity index (χ3v) is 8.83. The average molecular weight is 539 g/mol. The molecule has 7 aromatic rings. The van der Waals surface area contributed by atoms with Crippen LogP contribution in [0.4, 0.5) is 0 Å². The molecule has 0 spiro atoms. The summed E-state index contributed by atoms with van der Waals surface area (Å²) in [5.74, 6) is 0. The molecule has 200 valence electrons. The van der Waals surface area contributed by atoms with Gasteiger partial charge in [-0.25, -0.2) is 4.98 Å². The molecule has 0 atom stereocenters. The van der Waals surface area contributed by atoms with Crippen LogP contribution in [0.15, 0.2) is 146 Å². The van der Waals surface area contributed by atoms with E-state index in [1.165, 1.54) is 44.5 Å². The minimum Gasteiger partial charge on any atom is -0.299 e. The summed E-state index contributed by atoms with van der Waals surface area (Å²) in [5, 5.41) is 0. The smallest absolute Gasteiger partial charge is 0.137 e. The monoisotopic (exact) mass is 538 g/mol. The molecule has 0 aliphatic heterocycles. The fourth-order valence-electron chi connectivity index (χ4n) is 6.68. The van der Waals surface area contributed by atoms with E-state index in [0.717, 1.165) is 28.2 Å². The van der Waals surface area contributed by atoms with Gasteiger partial charge in [-0.1, -0.05) is 123 Å². The van der Waals surface area contributed by atoms with Crippen molar-refractivity contribution in [1.82, 2.24) is 9.38 Å². The van der Waals surface area contributed by atoms with Gasteiger partial charge >= 0.3 is 0 Å². The van der Waals surface area contributed by atoms with Crippen molar-refractivity contribution in [1.29, 1.82) is 0 Å². The predicted octanol–water partition coefficient (Wildman–Crippen LogP) is 10.3. The van der Waals surface area contributed by atoms with Crippen molar-refractivity contribution >= 4 is 5.65 Å². The van der Waals surface area contributed by atoms with Gasteiger partial charge in [-0.3, -0.25) is 4.40 Å². The summed E-state index contributed by atoms with van der Waals surface area (Å²) in [6, 6.07) is 50.2. The molecule has 5 aromatic carbocycles. The number of rotatable bonds is 4. The van der Waals surface area contributed by atoms with Crippen molar-refractivity contribution in [3.05, 3.63) is 157 Å². The molecule has 0 radical (unpaired) electrons. The number of nitrogens with zero attached hydrogens (tertiary/aromatic N) is 2. The molecular formula is C40H30N2. The highest BCUT2D eigenvalue weighted by molar-refractivity contribution is 5.86. The Bertz CT molecular complexity index is 2110. The van der Waals surface area contributed by atoms with Crippen molar-refractivity contribution in [3.63, 3.8) is 0 Å². The normalized spacial score (nSPS) is 13.2. The van der Waals surface area contributed by atoms with E-state index in [9.17, 15) is 0 Å². The summed E-state index contributed by atoms with van der Waals surface area (Å²) in [4.78, 5) is 5.09. The van der Waals surface area contributed by atoms with E-state index in [4.69, 9.17) is 4.98 Å². The lowest BCUT2D eigenvalue weighted by atomic mass is 9.81. The van der Waals surface area contributed by atoms with E-state index < -0.39 is 0 Å². The zero-order chi connectivity index (χ0) is 28.3. The minimum atomic E-state index is -0.0154. The Hall–Kier alpha value is -5.21. The van der Waals surface area contributed by atoms with Gasteiger partial charge in [0.15, 0.2) is 0 Å². The molecule has 0 N–H and O–H groups in total. The van der Waals surface area contributed by atoms with Gasteiger partial charge in [0.05, 0.1) is 11.4 Å². The second kappa shape index (κ2) is 9.43. The van der Waals surface area contributed by atoms with Gasteiger partial charge in [0.2, 0.25) is 0 Å². The first kappa shape index (κ1) is 24.6. The molecule has 0 saturated heterocycles. The first-order valence-corrected chi connectivity index (χ1v) is 14.6. The summed E-state index contributed by atoms with van der Waals surface area (Å²) in [6.07, 6.45) is 2.10. The molecule has 1 aliphatic carbocycles.